The number of carbonyl (C=O) groups is 2. The maximum atomic E-state index is 13.8. The van der Waals surface area contributed by atoms with Crippen molar-refractivity contribution in [2.24, 2.45) is 7.05 Å². The molecule has 1 amide bonds. The molecular weight excluding hydrogens is 328 g/mol. The highest BCUT2D eigenvalue weighted by atomic mass is 19.1. The lowest BCUT2D eigenvalue weighted by Crippen LogP contribution is -2.38. The summed E-state index contributed by atoms with van der Waals surface area (Å²) < 4.78 is 28.3. The Kier molecular flexibility index (Phi) is 4.92. The van der Waals surface area contributed by atoms with Crippen molar-refractivity contribution in [2.45, 2.75) is 31.7 Å². The summed E-state index contributed by atoms with van der Waals surface area (Å²) in [6, 6.07) is 3.01. The van der Waals surface area contributed by atoms with Gasteiger partial charge in [-0.05, 0) is 24.5 Å². The third kappa shape index (κ3) is 3.92. The van der Waals surface area contributed by atoms with Gasteiger partial charge in [-0.3, -0.25) is 14.3 Å². The first-order valence-corrected chi connectivity index (χ1v) is 8.19. The number of carbonyl (C=O) groups excluding carboxylic acids is 2. The molecule has 0 saturated carbocycles. The number of hydrogen-bond donors (Lipinski definition) is 0. The molecule has 1 aliphatic rings. The molecule has 1 aromatic carbocycles. The summed E-state index contributed by atoms with van der Waals surface area (Å²) in [6.07, 6.45) is 4.80. The van der Waals surface area contributed by atoms with Crippen LogP contribution in [0.4, 0.5) is 8.78 Å². The van der Waals surface area contributed by atoms with Crippen LogP contribution in [0, 0.1) is 11.6 Å². The number of benzene rings is 1. The highest BCUT2D eigenvalue weighted by Gasteiger charge is 2.31. The number of likely N-dealkylation sites (tertiary alicyclic amines) is 1. The van der Waals surface area contributed by atoms with E-state index in [1.165, 1.54) is 12.3 Å². The minimum atomic E-state index is -0.726. The van der Waals surface area contributed by atoms with Gasteiger partial charge in [0.1, 0.15) is 11.6 Å². The van der Waals surface area contributed by atoms with E-state index in [4.69, 9.17) is 0 Å². The molecule has 0 aliphatic carbocycles. The van der Waals surface area contributed by atoms with Gasteiger partial charge in [-0.25, -0.2) is 8.78 Å². The minimum Gasteiger partial charge on any atom is -0.339 e. The number of Topliss-reactive ketones (excluding diaryl/α,β-unsaturated/α-hetero) is 1. The van der Waals surface area contributed by atoms with Crippen LogP contribution in [-0.4, -0.2) is 39.0 Å². The molecule has 1 aliphatic heterocycles. The van der Waals surface area contributed by atoms with E-state index in [1.54, 1.807) is 22.8 Å². The Morgan fingerprint density at radius 1 is 1.32 bits per heavy atom. The maximum Gasteiger partial charge on any atom is 0.227 e. The van der Waals surface area contributed by atoms with E-state index in [0.29, 0.717) is 12.1 Å². The highest BCUT2D eigenvalue weighted by Crippen LogP contribution is 2.23. The van der Waals surface area contributed by atoms with E-state index in [0.717, 1.165) is 25.0 Å². The molecule has 0 spiro atoms. The molecule has 7 heteroatoms. The number of amides is 1. The lowest BCUT2D eigenvalue weighted by molar-refractivity contribution is -0.131. The zero-order valence-electron chi connectivity index (χ0n) is 13.9. The van der Waals surface area contributed by atoms with E-state index < -0.39 is 11.6 Å². The fourth-order valence-corrected chi connectivity index (χ4v) is 3.20. The molecule has 0 N–H and O–H groups in total. The van der Waals surface area contributed by atoms with Crippen molar-refractivity contribution in [1.82, 2.24) is 14.7 Å². The average Bonchev–Trinajstić information content (AvgIpc) is 3.19. The molecule has 3 rings (SSSR count). The fraction of sp³-hybridized carbons (Fsp3) is 0.389. The second-order valence-corrected chi connectivity index (χ2v) is 6.33. The number of aryl methyl sites for hydroxylation is 1. The summed E-state index contributed by atoms with van der Waals surface area (Å²) in [6.45, 7) is 0.548. The number of rotatable bonds is 5. The Balaban J connectivity index is 1.66. The monoisotopic (exact) mass is 347 g/mol. The Bertz CT molecular complexity index is 803. The van der Waals surface area contributed by atoms with Crippen molar-refractivity contribution in [3.63, 3.8) is 0 Å². The number of hydrogen-bond acceptors (Lipinski definition) is 3. The molecule has 5 nitrogen and oxygen atoms in total. The third-order valence-electron chi connectivity index (χ3n) is 4.50. The van der Waals surface area contributed by atoms with E-state index in [2.05, 4.69) is 5.10 Å². The average molecular weight is 347 g/mol. The van der Waals surface area contributed by atoms with E-state index in [1.807, 2.05) is 0 Å². The molecular formula is C18H19F2N3O2. The van der Waals surface area contributed by atoms with Gasteiger partial charge in [-0.1, -0.05) is 6.07 Å². The first-order valence-electron chi connectivity index (χ1n) is 8.19. The van der Waals surface area contributed by atoms with E-state index in [-0.39, 0.29) is 36.1 Å². The molecule has 2 aromatic rings. The summed E-state index contributed by atoms with van der Waals surface area (Å²) >= 11 is 0. The molecule has 25 heavy (non-hydrogen) atoms. The fourth-order valence-electron chi connectivity index (χ4n) is 3.20. The van der Waals surface area contributed by atoms with Crippen molar-refractivity contribution < 1.29 is 18.4 Å². The van der Waals surface area contributed by atoms with Gasteiger partial charge >= 0.3 is 0 Å². The van der Waals surface area contributed by atoms with E-state index in [9.17, 15) is 18.4 Å². The number of nitrogens with zero attached hydrogens (tertiary/aromatic N) is 3. The van der Waals surface area contributed by atoms with Gasteiger partial charge in [0.2, 0.25) is 5.91 Å². The minimum absolute atomic E-state index is 0.0641. The summed E-state index contributed by atoms with van der Waals surface area (Å²) in [7, 11) is 1.74. The second-order valence-electron chi connectivity index (χ2n) is 6.33. The number of halogens is 2. The number of ketones is 1. The van der Waals surface area contributed by atoms with Crippen molar-refractivity contribution in [2.75, 3.05) is 6.54 Å². The smallest absolute Gasteiger partial charge is 0.227 e. The van der Waals surface area contributed by atoms with Crippen LogP contribution in [0.25, 0.3) is 0 Å². The molecule has 0 unspecified atom stereocenters. The quantitative estimate of drug-likeness (QED) is 0.781. The van der Waals surface area contributed by atoms with Crippen LogP contribution in [-0.2, 0) is 18.3 Å². The van der Waals surface area contributed by atoms with Gasteiger partial charge in [-0.15, -0.1) is 0 Å². The molecule has 132 valence electrons. The zero-order chi connectivity index (χ0) is 18.0. The third-order valence-corrected chi connectivity index (χ3v) is 4.50. The summed E-state index contributed by atoms with van der Waals surface area (Å²) in [5.41, 5.74) is 0.682. The lowest BCUT2D eigenvalue weighted by Gasteiger charge is -2.24. The summed E-state index contributed by atoms with van der Waals surface area (Å²) in [5, 5.41) is 3.98. The molecule has 0 radical (unpaired) electrons. The van der Waals surface area contributed by atoms with E-state index >= 15 is 0 Å². The number of aromatic nitrogens is 2. The van der Waals surface area contributed by atoms with Crippen LogP contribution in [0.2, 0.25) is 0 Å². The Morgan fingerprint density at radius 3 is 2.80 bits per heavy atom. The Hall–Kier alpha value is -2.57. The maximum absolute atomic E-state index is 13.8. The molecule has 0 bridgehead atoms. The van der Waals surface area contributed by atoms with Gasteiger partial charge in [0.15, 0.2) is 5.78 Å². The van der Waals surface area contributed by atoms with Gasteiger partial charge in [-0.2, -0.15) is 5.10 Å². The van der Waals surface area contributed by atoms with Crippen LogP contribution in [0.3, 0.4) is 0 Å². The lowest BCUT2D eigenvalue weighted by atomic mass is 10.0. The predicted molar refractivity (Wildman–Crippen MR) is 87.0 cm³/mol. The SMILES string of the molecule is Cn1cc(C(=O)C[C@@H]2CCCN2C(=O)Cc2ccc(F)cc2F)cn1. The Labute approximate surface area is 144 Å². The second kappa shape index (κ2) is 7.13. The molecule has 2 heterocycles. The Morgan fingerprint density at radius 2 is 2.12 bits per heavy atom. The highest BCUT2D eigenvalue weighted by molar-refractivity contribution is 5.96. The van der Waals surface area contributed by atoms with Gasteiger partial charge in [0.05, 0.1) is 18.2 Å². The molecule has 1 fully saturated rings. The summed E-state index contributed by atoms with van der Waals surface area (Å²) in [5.74, 6) is -1.71. The van der Waals surface area contributed by atoms with Crippen LogP contribution in [0.5, 0.6) is 0 Å². The van der Waals surface area contributed by atoms with Crippen molar-refractivity contribution in [3.8, 4) is 0 Å². The molecule has 1 atom stereocenters. The predicted octanol–water partition coefficient (Wildman–Crippen LogP) is 2.50. The van der Waals surface area contributed by atoms with Crippen LogP contribution in [0.15, 0.2) is 30.6 Å². The van der Waals surface area contributed by atoms with Gasteiger partial charge < -0.3 is 4.90 Å². The van der Waals surface area contributed by atoms with Crippen LogP contribution in [0.1, 0.15) is 35.2 Å². The van der Waals surface area contributed by atoms with Crippen molar-refractivity contribution >= 4 is 11.7 Å². The van der Waals surface area contributed by atoms with Crippen molar-refractivity contribution in [3.05, 3.63) is 53.4 Å². The van der Waals surface area contributed by atoms with Gasteiger partial charge in [0, 0.05) is 38.3 Å². The molecule has 1 aromatic heterocycles. The largest absolute Gasteiger partial charge is 0.339 e. The van der Waals surface area contributed by atoms with Crippen LogP contribution >= 0.6 is 0 Å². The topological polar surface area (TPSA) is 55.2 Å². The van der Waals surface area contributed by atoms with Gasteiger partial charge in [0.25, 0.3) is 0 Å². The normalized spacial score (nSPS) is 17.1. The molecule has 1 saturated heterocycles. The first-order chi connectivity index (χ1) is 11.9. The van der Waals surface area contributed by atoms with Crippen molar-refractivity contribution in [1.29, 1.82) is 0 Å². The standard InChI is InChI=1S/C18H19F2N3O2/c1-22-11-13(10-21-22)17(24)9-15-3-2-6-23(15)18(25)7-12-4-5-14(19)8-16(12)20/h4-5,8,10-11,15H,2-3,6-7,9H2,1H3/t15-/m0/s1. The first kappa shape index (κ1) is 17.3. The van der Waals surface area contributed by atoms with Crippen LogP contribution < -0.4 is 0 Å². The summed E-state index contributed by atoms with van der Waals surface area (Å²) in [4.78, 5) is 26.5. The zero-order valence-corrected chi connectivity index (χ0v) is 13.9.